The third-order valence-corrected chi connectivity index (χ3v) is 7.24. The first-order valence-electron chi connectivity index (χ1n) is 12.4. The molecular weight excluding hydrogens is 530 g/mol. The van der Waals surface area contributed by atoms with Gasteiger partial charge in [-0.15, -0.1) is 0 Å². The van der Waals surface area contributed by atoms with Crippen molar-refractivity contribution in [3.8, 4) is 11.5 Å². The summed E-state index contributed by atoms with van der Waals surface area (Å²) in [4.78, 5) is 16.4. The minimum atomic E-state index is -5.01. The van der Waals surface area contributed by atoms with E-state index in [9.17, 15) is 31.1 Å². The summed E-state index contributed by atoms with van der Waals surface area (Å²) in [5.74, 6) is 1.36. The number of ether oxygens (including phenoxy) is 3. The minimum Gasteiger partial charge on any atom is -0.493 e. The lowest BCUT2D eigenvalue weighted by molar-refractivity contribution is -0.143. The molecule has 214 valence electrons. The highest BCUT2D eigenvalue weighted by Crippen LogP contribution is 2.48. The fourth-order valence-electron chi connectivity index (χ4n) is 5.09. The maximum atomic E-state index is 13.5. The summed E-state index contributed by atoms with van der Waals surface area (Å²) in [6.07, 6.45) is -8.33. The van der Waals surface area contributed by atoms with Gasteiger partial charge >= 0.3 is 18.4 Å². The summed E-state index contributed by atoms with van der Waals surface area (Å²) in [5.41, 5.74) is -1.82. The third kappa shape index (κ3) is 6.14. The Morgan fingerprint density at radius 1 is 0.923 bits per heavy atom. The first kappa shape index (κ1) is 28.7. The first-order chi connectivity index (χ1) is 18.3. The highest BCUT2D eigenvalue weighted by Gasteiger charge is 2.41. The van der Waals surface area contributed by atoms with Crippen LogP contribution in [0.2, 0.25) is 0 Å². The maximum Gasteiger partial charge on any atom is 0.416 e. The largest absolute Gasteiger partial charge is 0.493 e. The van der Waals surface area contributed by atoms with Gasteiger partial charge in [0.15, 0.2) is 11.5 Å². The molecule has 1 saturated carbocycles. The average molecular weight is 561 g/mol. The van der Waals surface area contributed by atoms with Gasteiger partial charge in [-0.05, 0) is 61.9 Å². The van der Waals surface area contributed by atoms with E-state index in [4.69, 9.17) is 14.2 Å². The number of fused-ring (bicyclic) bond motifs is 1. The Hall–Kier alpha value is -3.31. The lowest BCUT2D eigenvalue weighted by atomic mass is 9.89. The molecule has 6 nitrogen and oxygen atoms in total. The van der Waals surface area contributed by atoms with Crippen LogP contribution in [0.15, 0.2) is 30.3 Å². The second-order valence-corrected chi connectivity index (χ2v) is 9.97. The Labute approximate surface area is 222 Å². The maximum absolute atomic E-state index is 13.5. The van der Waals surface area contributed by atoms with Crippen molar-refractivity contribution in [2.75, 3.05) is 32.8 Å². The Morgan fingerprint density at radius 2 is 1.49 bits per heavy atom. The van der Waals surface area contributed by atoms with Crippen LogP contribution in [0, 0.1) is 5.92 Å². The zero-order chi connectivity index (χ0) is 28.7. The van der Waals surface area contributed by atoms with Crippen LogP contribution in [0.3, 0.4) is 0 Å². The second kappa shape index (κ2) is 10.7. The van der Waals surface area contributed by atoms with Crippen LogP contribution in [0.25, 0.3) is 0 Å². The minimum absolute atomic E-state index is 0.0663. The molecule has 1 aliphatic heterocycles. The molecule has 0 saturated heterocycles. The lowest BCUT2D eigenvalue weighted by Crippen LogP contribution is -2.45. The molecule has 1 fully saturated rings. The van der Waals surface area contributed by atoms with Crippen LogP contribution < -0.4 is 14.4 Å². The number of rotatable bonds is 7. The number of hydrogen-bond donors (Lipinski definition) is 0. The standard InChI is InChI=1S/C27H30F6N2O4/c1-15-7-21(20-11-23(37-2)24(38-3)12-22(20)34(15)13-16-5-6-16)35(25(36)39-4)14-17-8-18(26(28,29)30)10-19(9-17)27(31,32)33/h8-12,15-16,21H,5-7,13-14H2,1-4H3. The second-order valence-electron chi connectivity index (χ2n) is 9.97. The van der Waals surface area contributed by atoms with Gasteiger partial charge in [-0.2, -0.15) is 26.3 Å². The molecule has 2 aliphatic rings. The molecule has 0 bridgehead atoms. The van der Waals surface area contributed by atoms with Gasteiger partial charge in [0.25, 0.3) is 0 Å². The van der Waals surface area contributed by atoms with Gasteiger partial charge in [-0.1, -0.05) is 0 Å². The van der Waals surface area contributed by atoms with E-state index in [1.807, 2.05) is 6.92 Å². The number of hydrogen-bond acceptors (Lipinski definition) is 5. The normalized spacial score (nSPS) is 19.4. The number of carbonyl (C=O) groups excluding carboxylic acids is 1. The monoisotopic (exact) mass is 560 g/mol. The number of amides is 1. The van der Waals surface area contributed by atoms with E-state index in [0.717, 1.165) is 32.2 Å². The highest BCUT2D eigenvalue weighted by atomic mass is 19.4. The number of nitrogens with zero attached hydrogens (tertiary/aromatic N) is 2. The predicted molar refractivity (Wildman–Crippen MR) is 131 cm³/mol. The molecule has 2 unspecified atom stereocenters. The van der Waals surface area contributed by atoms with Crippen molar-refractivity contribution in [2.24, 2.45) is 5.92 Å². The summed E-state index contributed by atoms with van der Waals surface area (Å²) >= 11 is 0. The number of alkyl halides is 6. The van der Waals surface area contributed by atoms with Crippen molar-refractivity contribution in [3.63, 3.8) is 0 Å². The van der Waals surface area contributed by atoms with Crippen molar-refractivity contribution < 1.29 is 45.3 Å². The summed E-state index contributed by atoms with van der Waals surface area (Å²) in [6, 6.07) is 4.01. The molecule has 1 amide bonds. The molecule has 0 aromatic heterocycles. The highest BCUT2D eigenvalue weighted by molar-refractivity contribution is 5.71. The molecule has 2 atom stereocenters. The van der Waals surface area contributed by atoms with Crippen molar-refractivity contribution in [2.45, 2.75) is 57.2 Å². The molecular formula is C27H30F6N2O4. The molecule has 1 heterocycles. The topological polar surface area (TPSA) is 51.2 Å². The molecule has 12 heteroatoms. The lowest BCUT2D eigenvalue weighted by Gasteiger charge is -2.44. The van der Waals surface area contributed by atoms with Gasteiger partial charge in [0.2, 0.25) is 0 Å². The molecule has 0 spiro atoms. The molecule has 1 aliphatic carbocycles. The van der Waals surface area contributed by atoms with Gasteiger partial charge in [0, 0.05) is 36.4 Å². The number of benzene rings is 2. The van der Waals surface area contributed by atoms with E-state index in [2.05, 4.69) is 4.90 Å². The number of methoxy groups -OCH3 is 3. The molecule has 4 rings (SSSR count). The predicted octanol–water partition coefficient (Wildman–Crippen LogP) is 7.06. The van der Waals surface area contributed by atoms with Gasteiger partial charge < -0.3 is 19.1 Å². The summed E-state index contributed by atoms with van der Waals surface area (Å²) in [6.45, 7) is 2.21. The van der Waals surface area contributed by atoms with Crippen LogP contribution in [0.5, 0.6) is 11.5 Å². The Morgan fingerprint density at radius 3 is 1.97 bits per heavy atom. The van der Waals surface area contributed by atoms with E-state index in [1.54, 1.807) is 12.1 Å². The number of anilines is 1. The SMILES string of the molecule is COC(=O)N(Cc1cc(C(F)(F)F)cc(C(F)(F)F)c1)C1CC(C)N(CC2CC2)c2cc(OC)c(OC)cc21. The summed E-state index contributed by atoms with van der Waals surface area (Å²) < 4.78 is 96.9. The Kier molecular flexibility index (Phi) is 7.86. The summed E-state index contributed by atoms with van der Waals surface area (Å²) in [7, 11) is 4.06. The fourth-order valence-corrected chi connectivity index (χ4v) is 5.09. The van der Waals surface area contributed by atoms with Gasteiger partial charge in [-0.25, -0.2) is 4.79 Å². The number of halogens is 6. The Bertz CT molecular complexity index is 1180. The van der Waals surface area contributed by atoms with Gasteiger partial charge in [0.05, 0.1) is 38.5 Å². The van der Waals surface area contributed by atoms with Crippen LogP contribution in [-0.2, 0) is 23.6 Å². The summed E-state index contributed by atoms with van der Waals surface area (Å²) in [5, 5.41) is 0. The van der Waals surface area contributed by atoms with E-state index in [-0.39, 0.29) is 17.7 Å². The smallest absolute Gasteiger partial charge is 0.416 e. The van der Waals surface area contributed by atoms with Crippen molar-refractivity contribution in [1.29, 1.82) is 0 Å². The van der Waals surface area contributed by atoms with E-state index >= 15 is 0 Å². The van der Waals surface area contributed by atoms with Gasteiger partial charge in [-0.3, -0.25) is 4.90 Å². The van der Waals surface area contributed by atoms with Crippen molar-refractivity contribution in [1.82, 2.24) is 4.90 Å². The quantitative estimate of drug-likeness (QED) is 0.340. The van der Waals surface area contributed by atoms with Crippen LogP contribution in [0.4, 0.5) is 36.8 Å². The number of carbonyl (C=O) groups is 1. The van der Waals surface area contributed by atoms with E-state index in [0.29, 0.717) is 41.5 Å². The Balaban J connectivity index is 1.82. The van der Waals surface area contributed by atoms with Crippen LogP contribution in [0.1, 0.15) is 54.5 Å². The fraction of sp³-hybridized carbons (Fsp3) is 0.519. The van der Waals surface area contributed by atoms with E-state index < -0.39 is 42.2 Å². The van der Waals surface area contributed by atoms with Crippen molar-refractivity contribution in [3.05, 3.63) is 52.6 Å². The van der Waals surface area contributed by atoms with Crippen LogP contribution in [-0.4, -0.2) is 44.9 Å². The zero-order valence-corrected chi connectivity index (χ0v) is 21.9. The van der Waals surface area contributed by atoms with Crippen molar-refractivity contribution >= 4 is 11.8 Å². The molecule has 2 aromatic rings. The zero-order valence-electron chi connectivity index (χ0n) is 21.9. The molecule has 0 N–H and O–H groups in total. The third-order valence-electron chi connectivity index (χ3n) is 7.24. The van der Waals surface area contributed by atoms with Gasteiger partial charge in [0.1, 0.15) is 0 Å². The van der Waals surface area contributed by atoms with E-state index in [1.165, 1.54) is 19.1 Å². The van der Waals surface area contributed by atoms with Crippen LogP contribution >= 0.6 is 0 Å². The first-order valence-corrected chi connectivity index (χ1v) is 12.4. The average Bonchev–Trinajstić information content (AvgIpc) is 3.70. The molecule has 0 radical (unpaired) electrons. The molecule has 2 aromatic carbocycles. The molecule has 39 heavy (non-hydrogen) atoms.